The van der Waals surface area contributed by atoms with Crippen LogP contribution in [0.2, 0.25) is 5.02 Å². The second kappa shape index (κ2) is 5.59. The molecular weight excluding hydrogens is 314 g/mol. The first-order chi connectivity index (χ1) is 9.68. The maximum atomic E-state index is 12.8. The summed E-state index contributed by atoms with van der Waals surface area (Å²) in [5, 5.41) is 9.59. The summed E-state index contributed by atoms with van der Waals surface area (Å²) in [5.74, 6) is -1.13. The van der Waals surface area contributed by atoms with Gasteiger partial charge in [-0.05, 0) is 30.4 Å². The standard InChI is InChI=1S/C14H18ClNO4S/c1-14(2)8-5-9-16(12(14)13(17)18)21(19,20)11-7-4-3-6-10(11)15/h3-4,6-7,12H,5,8-9H2,1-2H3,(H,17,18). The number of carbonyl (C=O) groups is 1. The van der Waals surface area contributed by atoms with Gasteiger partial charge in [-0.3, -0.25) is 4.79 Å². The average Bonchev–Trinajstić information content (AvgIpc) is 2.37. The fraction of sp³-hybridized carbons (Fsp3) is 0.500. The number of carboxylic acids is 1. The summed E-state index contributed by atoms with van der Waals surface area (Å²) in [4.78, 5) is 11.6. The molecule has 0 aromatic heterocycles. The van der Waals surface area contributed by atoms with Gasteiger partial charge in [-0.1, -0.05) is 37.6 Å². The second-order valence-corrected chi connectivity index (χ2v) is 8.15. The molecule has 0 aliphatic carbocycles. The molecule has 2 rings (SSSR count). The third-order valence-corrected chi connectivity index (χ3v) is 6.25. The minimum Gasteiger partial charge on any atom is -0.480 e. The Labute approximate surface area is 129 Å². The van der Waals surface area contributed by atoms with Gasteiger partial charge < -0.3 is 5.11 Å². The van der Waals surface area contributed by atoms with Crippen molar-refractivity contribution in [3.05, 3.63) is 29.3 Å². The van der Waals surface area contributed by atoms with E-state index in [-0.39, 0.29) is 16.5 Å². The van der Waals surface area contributed by atoms with Crippen LogP contribution in [0, 0.1) is 5.41 Å². The number of aliphatic carboxylic acids is 1. The zero-order valence-corrected chi connectivity index (χ0v) is 13.5. The van der Waals surface area contributed by atoms with Gasteiger partial charge in [0.05, 0.1) is 5.02 Å². The normalized spacial score (nSPS) is 22.9. The Morgan fingerprint density at radius 3 is 2.57 bits per heavy atom. The Morgan fingerprint density at radius 1 is 1.38 bits per heavy atom. The van der Waals surface area contributed by atoms with Gasteiger partial charge in [0, 0.05) is 6.54 Å². The van der Waals surface area contributed by atoms with E-state index in [0.29, 0.717) is 12.8 Å². The molecule has 5 nitrogen and oxygen atoms in total. The molecule has 1 unspecified atom stereocenters. The largest absolute Gasteiger partial charge is 0.480 e. The number of carboxylic acid groups (broad SMARTS) is 1. The van der Waals surface area contributed by atoms with Gasteiger partial charge >= 0.3 is 5.97 Å². The smallest absolute Gasteiger partial charge is 0.322 e. The minimum absolute atomic E-state index is 0.0457. The molecule has 0 radical (unpaired) electrons. The molecule has 1 N–H and O–H groups in total. The summed E-state index contributed by atoms with van der Waals surface area (Å²) in [6.45, 7) is 3.74. The van der Waals surface area contributed by atoms with E-state index in [4.69, 9.17) is 11.6 Å². The van der Waals surface area contributed by atoms with Crippen LogP contribution >= 0.6 is 11.6 Å². The van der Waals surface area contributed by atoms with E-state index in [1.165, 1.54) is 12.1 Å². The molecule has 0 bridgehead atoms. The molecule has 1 heterocycles. The van der Waals surface area contributed by atoms with Gasteiger partial charge in [0.15, 0.2) is 0 Å². The highest BCUT2D eigenvalue weighted by Crippen LogP contribution is 2.39. The highest BCUT2D eigenvalue weighted by molar-refractivity contribution is 7.89. The highest BCUT2D eigenvalue weighted by Gasteiger charge is 2.47. The van der Waals surface area contributed by atoms with Crippen molar-refractivity contribution in [3.63, 3.8) is 0 Å². The summed E-state index contributed by atoms with van der Waals surface area (Å²) in [6.07, 6.45) is 1.29. The van der Waals surface area contributed by atoms with Crippen molar-refractivity contribution in [2.75, 3.05) is 6.54 Å². The SMILES string of the molecule is CC1(C)CCCN(S(=O)(=O)c2ccccc2Cl)C1C(=O)O. The third-order valence-electron chi connectivity index (χ3n) is 3.89. The predicted octanol–water partition coefficient (Wildman–Crippen LogP) is 2.60. The first-order valence-corrected chi connectivity index (χ1v) is 8.49. The molecule has 1 aliphatic rings. The van der Waals surface area contributed by atoms with E-state index in [1.54, 1.807) is 26.0 Å². The number of piperidine rings is 1. The first kappa shape index (κ1) is 16.3. The molecule has 7 heteroatoms. The molecule has 0 saturated carbocycles. The zero-order chi connectivity index (χ0) is 15.8. The van der Waals surface area contributed by atoms with Gasteiger partial charge in [-0.2, -0.15) is 4.31 Å². The number of benzene rings is 1. The molecule has 0 amide bonds. The predicted molar refractivity (Wildman–Crippen MR) is 79.8 cm³/mol. The second-order valence-electron chi connectivity index (χ2n) is 5.88. The molecule has 1 aromatic rings. The Morgan fingerprint density at radius 2 is 2.00 bits per heavy atom. The molecule has 1 fully saturated rings. The van der Waals surface area contributed by atoms with Crippen LogP contribution in [0.25, 0.3) is 0 Å². The van der Waals surface area contributed by atoms with E-state index in [9.17, 15) is 18.3 Å². The van der Waals surface area contributed by atoms with Crippen molar-refractivity contribution in [1.29, 1.82) is 0 Å². The van der Waals surface area contributed by atoms with Crippen LogP contribution < -0.4 is 0 Å². The minimum atomic E-state index is -3.94. The lowest BCUT2D eigenvalue weighted by Crippen LogP contribution is -2.56. The molecule has 1 atom stereocenters. The van der Waals surface area contributed by atoms with Crippen LogP contribution in [0.15, 0.2) is 29.2 Å². The van der Waals surface area contributed by atoms with E-state index in [0.717, 1.165) is 4.31 Å². The van der Waals surface area contributed by atoms with E-state index >= 15 is 0 Å². The summed E-state index contributed by atoms with van der Waals surface area (Å²) in [6, 6.07) is 5.00. The number of hydrogen-bond acceptors (Lipinski definition) is 3. The molecule has 1 saturated heterocycles. The maximum Gasteiger partial charge on any atom is 0.322 e. The van der Waals surface area contributed by atoms with Gasteiger partial charge in [-0.15, -0.1) is 0 Å². The lowest BCUT2D eigenvalue weighted by Gasteiger charge is -2.43. The van der Waals surface area contributed by atoms with Gasteiger partial charge in [-0.25, -0.2) is 8.42 Å². The third kappa shape index (κ3) is 2.93. The summed E-state index contributed by atoms with van der Waals surface area (Å²) in [7, 11) is -3.94. The summed E-state index contributed by atoms with van der Waals surface area (Å²) in [5.41, 5.74) is -0.627. The van der Waals surface area contributed by atoms with E-state index in [1.807, 2.05) is 0 Å². The molecule has 116 valence electrons. The number of sulfonamides is 1. The average molecular weight is 332 g/mol. The molecule has 1 aliphatic heterocycles. The van der Waals surface area contributed by atoms with Crippen molar-refractivity contribution in [2.45, 2.75) is 37.6 Å². The number of halogens is 1. The van der Waals surface area contributed by atoms with Gasteiger partial charge in [0.1, 0.15) is 10.9 Å². The summed E-state index contributed by atoms with van der Waals surface area (Å²) < 4.78 is 26.6. The number of nitrogens with zero attached hydrogens (tertiary/aromatic N) is 1. The van der Waals surface area contributed by atoms with Gasteiger partial charge in [0.25, 0.3) is 0 Å². The van der Waals surface area contributed by atoms with Crippen molar-refractivity contribution in [3.8, 4) is 0 Å². The van der Waals surface area contributed by atoms with Crippen LogP contribution in [-0.2, 0) is 14.8 Å². The van der Waals surface area contributed by atoms with E-state index < -0.39 is 27.4 Å². The quantitative estimate of drug-likeness (QED) is 0.923. The molecule has 0 spiro atoms. The zero-order valence-electron chi connectivity index (χ0n) is 11.9. The number of hydrogen-bond donors (Lipinski definition) is 1. The van der Waals surface area contributed by atoms with Crippen LogP contribution in [-0.4, -0.2) is 36.4 Å². The van der Waals surface area contributed by atoms with Crippen LogP contribution in [0.1, 0.15) is 26.7 Å². The topological polar surface area (TPSA) is 74.7 Å². The Kier molecular flexibility index (Phi) is 4.33. The summed E-state index contributed by atoms with van der Waals surface area (Å²) >= 11 is 5.97. The Bertz CT molecular complexity index is 657. The van der Waals surface area contributed by atoms with Crippen LogP contribution in [0.3, 0.4) is 0 Å². The molecular formula is C14H18ClNO4S. The van der Waals surface area contributed by atoms with Crippen molar-refractivity contribution < 1.29 is 18.3 Å². The lowest BCUT2D eigenvalue weighted by atomic mass is 9.77. The van der Waals surface area contributed by atoms with E-state index in [2.05, 4.69) is 0 Å². The Balaban J connectivity index is 2.52. The highest BCUT2D eigenvalue weighted by atomic mass is 35.5. The lowest BCUT2D eigenvalue weighted by molar-refractivity contribution is -0.147. The molecule has 1 aromatic carbocycles. The maximum absolute atomic E-state index is 12.8. The van der Waals surface area contributed by atoms with Crippen LogP contribution in [0.4, 0.5) is 0 Å². The fourth-order valence-corrected chi connectivity index (χ4v) is 5.11. The first-order valence-electron chi connectivity index (χ1n) is 6.67. The molecule has 21 heavy (non-hydrogen) atoms. The van der Waals surface area contributed by atoms with Gasteiger partial charge in [0.2, 0.25) is 10.0 Å². The van der Waals surface area contributed by atoms with Crippen molar-refractivity contribution in [1.82, 2.24) is 4.31 Å². The number of rotatable bonds is 3. The van der Waals surface area contributed by atoms with Crippen molar-refractivity contribution in [2.24, 2.45) is 5.41 Å². The fourth-order valence-electron chi connectivity index (χ4n) is 2.84. The monoisotopic (exact) mass is 331 g/mol. The van der Waals surface area contributed by atoms with Crippen LogP contribution in [0.5, 0.6) is 0 Å². The Hall–Kier alpha value is -1.11. The van der Waals surface area contributed by atoms with Crippen molar-refractivity contribution >= 4 is 27.6 Å².